The Morgan fingerprint density at radius 2 is 1.73 bits per heavy atom. The number of aryl methyl sites for hydroxylation is 2. The molecule has 0 spiro atoms. The standard InChI is InChI=1S/C23H26N4O3/c1-15-7-5-10-18(13-15)24-22(29)23(30)27-26-16(2)14-21(28)25-20-12-6-9-17-8-3-4-11-19(17)20/h5-7,9-10,12-13H,3-4,8,11,14H2,1-2H3,(H,24,29)(H,25,28)(H,27,30)/b26-16+. The van der Waals surface area contributed by atoms with Crippen molar-refractivity contribution in [3.63, 3.8) is 0 Å². The Balaban J connectivity index is 1.51. The van der Waals surface area contributed by atoms with Crippen molar-refractivity contribution >= 4 is 34.8 Å². The summed E-state index contributed by atoms with van der Waals surface area (Å²) in [5.74, 6) is -1.93. The van der Waals surface area contributed by atoms with Crippen LogP contribution in [0.2, 0.25) is 0 Å². The van der Waals surface area contributed by atoms with E-state index in [2.05, 4.69) is 27.2 Å². The van der Waals surface area contributed by atoms with Crippen LogP contribution in [0.1, 0.15) is 42.9 Å². The highest BCUT2D eigenvalue weighted by Gasteiger charge is 2.16. The molecule has 1 aliphatic rings. The molecule has 0 fully saturated rings. The molecule has 0 aromatic heterocycles. The number of nitrogens with zero attached hydrogens (tertiary/aromatic N) is 1. The second kappa shape index (κ2) is 9.82. The summed E-state index contributed by atoms with van der Waals surface area (Å²) in [7, 11) is 0. The summed E-state index contributed by atoms with van der Waals surface area (Å²) in [6, 6.07) is 13.1. The van der Waals surface area contributed by atoms with Crippen LogP contribution in [0, 0.1) is 6.92 Å². The summed E-state index contributed by atoms with van der Waals surface area (Å²) in [5.41, 5.74) is 7.41. The SMILES string of the molecule is C/C(CC(=O)Nc1cccc2c1CCCC2)=N\NC(=O)C(=O)Nc1cccc(C)c1. The van der Waals surface area contributed by atoms with Crippen molar-refractivity contribution in [3.05, 3.63) is 59.2 Å². The number of nitrogens with one attached hydrogen (secondary N) is 3. The highest BCUT2D eigenvalue weighted by atomic mass is 16.2. The zero-order valence-corrected chi connectivity index (χ0v) is 17.2. The summed E-state index contributed by atoms with van der Waals surface area (Å²) >= 11 is 0. The van der Waals surface area contributed by atoms with Crippen molar-refractivity contribution in [2.45, 2.75) is 46.0 Å². The van der Waals surface area contributed by atoms with E-state index < -0.39 is 11.8 Å². The van der Waals surface area contributed by atoms with E-state index >= 15 is 0 Å². The van der Waals surface area contributed by atoms with Gasteiger partial charge in [-0.1, -0.05) is 24.3 Å². The van der Waals surface area contributed by atoms with Crippen molar-refractivity contribution in [1.82, 2.24) is 5.43 Å². The lowest BCUT2D eigenvalue weighted by atomic mass is 9.90. The Bertz CT molecular complexity index is 998. The molecule has 0 atom stereocenters. The van der Waals surface area contributed by atoms with Gasteiger partial charge in [0.15, 0.2) is 0 Å². The Morgan fingerprint density at radius 3 is 2.53 bits per heavy atom. The third-order valence-electron chi connectivity index (χ3n) is 4.92. The number of carbonyl (C=O) groups is 3. The number of hydrogen-bond donors (Lipinski definition) is 3. The number of benzene rings is 2. The van der Waals surface area contributed by atoms with Gasteiger partial charge in [0.1, 0.15) is 0 Å². The highest BCUT2D eigenvalue weighted by molar-refractivity contribution is 6.39. The van der Waals surface area contributed by atoms with Crippen LogP contribution in [0.5, 0.6) is 0 Å². The van der Waals surface area contributed by atoms with Crippen LogP contribution in [0.25, 0.3) is 0 Å². The average molecular weight is 406 g/mol. The molecular weight excluding hydrogens is 380 g/mol. The fourth-order valence-electron chi connectivity index (χ4n) is 3.47. The summed E-state index contributed by atoms with van der Waals surface area (Å²) < 4.78 is 0. The molecule has 0 saturated carbocycles. The minimum Gasteiger partial charge on any atom is -0.325 e. The second-order valence-electron chi connectivity index (χ2n) is 7.49. The molecule has 3 N–H and O–H groups in total. The monoisotopic (exact) mass is 406 g/mol. The molecule has 3 rings (SSSR count). The van der Waals surface area contributed by atoms with Crippen molar-refractivity contribution < 1.29 is 14.4 Å². The molecule has 0 aliphatic heterocycles. The van der Waals surface area contributed by atoms with Crippen LogP contribution in [0.15, 0.2) is 47.6 Å². The van der Waals surface area contributed by atoms with E-state index in [0.29, 0.717) is 11.4 Å². The largest absolute Gasteiger partial charge is 0.329 e. The van der Waals surface area contributed by atoms with Gasteiger partial charge in [0.2, 0.25) is 5.91 Å². The molecule has 2 aromatic carbocycles. The first-order valence-corrected chi connectivity index (χ1v) is 10.0. The topological polar surface area (TPSA) is 99.7 Å². The lowest BCUT2D eigenvalue weighted by molar-refractivity contribution is -0.136. The number of fused-ring (bicyclic) bond motifs is 1. The van der Waals surface area contributed by atoms with Crippen molar-refractivity contribution in [1.29, 1.82) is 0 Å². The van der Waals surface area contributed by atoms with Gasteiger partial charge in [-0.15, -0.1) is 0 Å². The van der Waals surface area contributed by atoms with Gasteiger partial charge < -0.3 is 10.6 Å². The third kappa shape index (κ3) is 5.76. The summed E-state index contributed by atoms with van der Waals surface area (Å²) in [4.78, 5) is 36.3. The first-order chi connectivity index (χ1) is 14.4. The summed E-state index contributed by atoms with van der Waals surface area (Å²) in [5, 5.41) is 9.32. The lowest BCUT2D eigenvalue weighted by Crippen LogP contribution is -2.33. The highest BCUT2D eigenvalue weighted by Crippen LogP contribution is 2.27. The van der Waals surface area contributed by atoms with Crippen molar-refractivity contribution in [2.24, 2.45) is 5.10 Å². The Labute approximate surface area is 175 Å². The van der Waals surface area contributed by atoms with Crippen LogP contribution in [0.4, 0.5) is 11.4 Å². The molecule has 7 heteroatoms. The minimum atomic E-state index is -0.895. The predicted molar refractivity (Wildman–Crippen MR) is 117 cm³/mol. The molecule has 30 heavy (non-hydrogen) atoms. The van der Waals surface area contributed by atoms with Crippen molar-refractivity contribution in [3.8, 4) is 0 Å². The number of anilines is 2. The van der Waals surface area contributed by atoms with Crippen LogP contribution >= 0.6 is 0 Å². The zero-order valence-electron chi connectivity index (χ0n) is 17.2. The normalized spacial score (nSPS) is 13.2. The number of carbonyl (C=O) groups excluding carboxylic acids is 3. The maximum Gasteiger partial charge on any atom is 0.329 e. The quantitative estimate of drug-likeness (QED) is 0.403. The summed E-state index contributed by atoms with van der Waals surface area (Å²) in [6.45, 7) is 3.51. The van der Waals surface area contributed by atoms with E-state index in [1.54, 1.807) is 25.1 Å². The van der Waals surface area contributed by atoms with Gasteiger partial charge in [0.25, 0.3) is 0 Å². The maximum absolute atomic E-state index is 12.4. The molecule has 7 nitrogen and oxygen atoms in total. The number of hydrogen-bond acceptors (Lipinski definition) is 4. The number of amides is 3. The Morgan fingerprint density at radius 1 is 0.967 bits per heavy atom. The summed E-state index contributed by atoms with van der Waals surface area (Å²) in [6.07, 6.45) is 4.31. The molecule has 0 unspecified atom stereocenters. The fourth-order valence-corrected chi connectivity index (χ4v) is 3.47. The minimum absolute atomic E-state index is 0.0173. The van der Waals surface area contributed by atoms with E-state index in [1.165, 1.54) is 17.5 Å². The smallest absolute Gasteiger partial charge is 0.325 e. The van der Waals surface area contributed by atoms with Gasteiger partial charge in [0.05, 0.1) is 6.42 Å². The fraction of sp³-hybridized carbons (Fsp3) is 0.304. The predicted octanol–water partition coefficient (Wildman–Crippen LogP) is 3.33. The molecule has 156 valence electrons. The zero-order chi connectivity index (χ0) is 21.5. The lowest BCUT2D eigenvalue weighted by Gasteiger charge is -2.19. The molecule has 0 radical (unpaired) electrons. The number of hydrazone groups is 1. The van der Waals surface area contributed by atoms with Crippen LogP contribution < -0.4 is 16.1 Å². The molecule has 0 saturated heterocycles. The maximum atomic E-state index is 12.4. The van der Waals surface area contributed by atoms with Gasteiger partial charge in [-0.2, -0.15) is 5.10 Å². The van der Waals surface area contributed by atoms with Crippen molar-refractivity contribution in [2.75, 3.05) is 10.6 Å². The Hall–Kier alpha value is -3.48. The number of rotatable bonds is 5. The van der Waals surface area contributed by atoms with E-state index in [-0.39, 0.29) is 12.3 Å². The third-order valence-corrected chi connectivity index (χ3v) is 4.92. The van der Waals surface area contributed by atoms with Crippen LogP contribution in [-0.4, -0.2) is 23.4 Å². The molecule has 1 aliphatic carbocycles. The first kappa shape index (κ1) is 21.2. The first-order valence-electron chi connectivity index (χ1n) is 10.0. The molecule has 2 aromatic rings. The average Bonchev–Trinajstić information content (AvgIpc) is 2.72. The molecular formula is C23H26N4O3. The molecule has 3 amide bonds. The van der Waals surface area contributed by atoms with E-state index in [1.807, 2.05) is 25.1 Å². The van der Waals surface area contributed by atoms with Gasteiger partial charge in [0, 0.05) is 17.1 Å². The van der Waals surface area contributed by atoms with E-state index in [0.717, 1.165) is 30.5 Å². The van der Waals surface area contributed by atoms with Gasteiger partial charge in [-0.05, 0) is 74.4 Å². The molecule has 0 heterocycles. The van der Waals surface area contributed by atoms with Crippen LogP contribution in [-0.2, 0) is 27.2 Å². The van der Waals surface area contributed by atoms with E-state index in [9.17, 15) is 14.4 Å². The van der Waals surface area contributed by atoms with Gasteiger partial charge in [-0.3, -0.25) is 14.4 Å². The van der Waals surface area contributed by atoms with E-state index in [4.69, 9.17) is 0 Å². The second-order valence-corrected chi connectivity index (χ2v) is 7.49. The van der Waals surface area contributed by atoms with Crippen LogP contribution in [0.3, 0.4) is 0 Å². The van der Waals surface area contributed by atoms with Gasteiger partial charge >= 0.3 is 11.8 Å². The van der Waals surface area contributed by atoms with Gasteiger partial charge in [-0.25, -0.2) is 5.43 Å². The Kier molecular flexibility index (Phi) is 6.95. The molecule has 0 bridgehead atoms.